The Bertz CT molecular complexity index is 831. The molecule has 1 aromatic rings. The molecule has 0 aromatic heterocycles. The summed E-state index contributed by atoms with van der Waals surface area (Å²) in [7, 11) is 2.55. The fourth-order valence-electron chi connectivity index (χ4n) is 2.88. The fourth-order valence-corrected chi connectivity index (χ4v) is 2.88. The number of nitrogens with zero attached hydrogens (tertiary/aromatic N) is 2. The van der Waals surface area contributed by atoms with Crippen LogP contribution in [0.25, 0.3) is 0 Å². The van der Waals surface area contributed by atoms with Gasteiger partial charge in [-0.1, -0.05) is 0 Å². The molecule has 1 saturated heterocycles. The van der Waals surface area contributed by atoms with Gasteiger partial charge in [-0.05, 0) is 25.1 Å². The molecule has 2 aliphatic heterocycles. The first-order chi connectivity index (χ1) is 11.9. The summed E-state index contributed by atoms with van der Waals surface area (Å²) in [5.41, 5.74) is 2.82. The first-order valence-corrected chi connectivity index (χ1v) is 7.39. The lowest BCUT2D eigenvalue weighted by atomic mass is 9.99. The van der Waals surface area contributed by atoms with E-state index in [0.29, 0.717) is 5.56 Å². The number of amides is 2. The number of esters is 1. The zero-order valence-corrected chi connectivity index (χ0v) is 13.7. The highest BCUT2D eigenvalue weighted by atomic mass is 16.5. The Balaban J connectivity index is 2.05. The van der Waals surface area contributed by atoms with Gasteiger partial charge in [0.15, 0.2) is 11.5 Å². The van der Waals surface area contributed by atoms with Crippen LogP contribution >= 0.6 is 0 Å². The topological polar surface area (TPSA) is 114 Å². The highest BCUT2D eigenvalue weighted by molar-refractivity contribution is 6.46. The zero-order chi connectivity index (χ0) is 18.3. The van der Waals surface area contributed by atoms with Crippen LogP contribution in [0.5, 0.6) is 5.75 Å². The van der Waals surface area contributed by atoms with E-state index in [0.717, 1.165) is 12.0 Å². The van der Waals surface area contributed by atoms with Crippen LogP contribution in [-0.4, -0.2) is 49.5 Å². The van der Waals surface area contributed by atoms with Gasteiger partial charge in [0.2, 0.25) is 5.91 Å². The molecule has 3 rings (SSSR count). The van der Waals surface area contributed by atoms with E-state index in [1.165, 1.54) is 32.2 Å². The number of ether oxygens (including phenoxy) is 2. The van der Waals surface area contributed by atoms with E-state index in [2.05, 4.69) is 15.3 Å². The Morgan fingerprint density at radius 3 is 2.52 bits per heavy atom. The van der Waals surface area contributed by atoms with Crippen LogP contribution in [-0.2, 0) is 19.1 Å². The molecule has 1 aromatic carbocycles. The maximum absolute atomic E-state index is 12.8. The molecular weight excluding hydrogens is 330 g/mol. The number of rotatable bonds is 4. The van der Waals surface area contributed by atoms with Gasteiger partial charge in [0.1, 0.15) is 17.7 Å². The van der Waals surface area contributed by atoms with Crippen molar-refractivity contribution < 1.29 is 28.7 Å². The van der Waals surface area contributed by atoms with Crippen molar-refractivity contribution in [1.82, 2.24) is 5.43 Å². The number of nitrogens with one attached hydrogen (secondary N) is 1. The molecule has 0 bridgehead atoms. The number of imide groups is 1. The van der Waals surface area contributed by atoms with Gasteiger partial charge in [0.05, 0.1) is 19.9 Å². The lowest BCUT2D eigenvalue weighted by molar-refractivity contribution is -0.133. The normalized spacial score (nSPS) is 21.6. The minimum absolute atomic E-state index is 0.144. The van der Waals surface area contributed by atoms with Crippen molar-refractivity contribution in [3.8, 4) is 5.75 Å². The molecule has 0 radical (unpaired) electrons. The lowest BCUT2D eigenvalue weighted by Gasteiger charge is -2.19. The number of carbonyl (C=O) groups excluding carboxylic acids is 4. The molecule has 2 amide bonds. The van der Waals surface area contributed by atoms with E-state index in [1.807, 2.05) is 0 Å². The van der Waals surface area contributed by atoms with Gasteiger partial charge >= 0.3 is 5.97 Å². The molecule has 0 aliphatic carbocycles. The standard InChI is InChI=1S/C16H15N3O6/c1-7(20)8-4-5-10(24-2)9(6-8)19-14(21)11-12(15(19)22)17-18-13(11)16(23)25-3/h4-6,11-12,17H,1-3H3/t11-,12+/m1/s1. The molecule has 2 aliphatic rings. The molecule has 130 valence electrons. The van der Waals surface area contributed by atoms with Crippen molar-refractivity contribution in [2.24, 2.45) is 11.0 Å². The van der Waals surface area contributed by atoms with Gasteiger partial charge in [-0.3, -0.25) is 19.8 Å². The number of methoxy groups -OCH3 is 2. The van der Waals surface area contributed by atoms with E-state index in [4.69, 9.17) is 4.74 Å². The number of hydrogen-bond donors (Lipinski definition) is 1. The van der Waals surface area contributed by atoms with Crippen molar-refractivity contribution in [2.75, 3.05) is 19.1 Å². The monoisotopic (exact) mass is 345 g/mol. The lowest BCUT2D eigenvalue weighted by Crippen LogP contribution is -2.36. The Labute approximate surface area is 142 Å². The second kappa shape index (κ2) is 6.00. The Kier molecular flexibility index (Phi) is 3.99. The maximum atomic E-state index is 12.8. The summed E-state index contributed by atoms with van der Waals surface area (Å²) >= 11 is 0. The number of Topliss-reactive ketones (excluding diaryl/α,β-unsaturated/α-hetero) is 1. The zero-order valence-electron chi connectivity index (χ0n) is 13.7. The molecule has 9 heteroatoms. The van der Waals surface area contributed by atoms with Crippen molar-refractivity contribution in [2.45, 2.75) is 13.0 Å². The van der Waals surface area contributed by atoms with Crippen LogP contribution in [0.3, 0.4) is 0 Å². The molecule has 9 nitrogen and oxygen atoms in total. The molecule has 1 N–H and O–H groups in total. The van der Waals surface area contributed by atoms with Gasteiger partial charge in [0, 0.05) is 5.56 Å². The second-order valence-electron chi connectivity index (χ2n) is 5.53. The smallest absolute Gasteiger partial charge is 0.355 e. The van der Waals surface area contributed by atoms with Crippen LogP contribution in [0.4, 0.5) is 5.69 Å². The van der Waals surface area contributed by atoms with Crippen LogP contribution in [0.1, 0.15) is 17.3 Å². The summed E-state index contributed by atoms with van der Waals surface area (Å²) in [4.78, 5) is 49.8. The van der Waals surface area contributed by atoms with E-state index < -0.39 is 29.7 Å². The largest absolute Gasteiger partial charge is 0.495 e. The van der Waals surface area contributed by atoms with Crippen LogP contribution in [0.15, 0.2) is 23.3 Å². The summed E-state index contributed by atoms with van der Waals surface area (Å²) in [6.07, 6.45) is 0. The van der Waals surface area contributed by atoms with Gasteiger partial charge < -0.3 is 9.47 Å². The molecule has 25 heavy (non-hydrogen) atoms. The minimum atomic E-state index is -1.08. The van der Waals surface area contributed by atoms with E-state index in [-0.39, 0.29) is 22.9 Å². The average Bonchev–Trinajstić information content (AvgIpc) is 3.14. The van der Waals surface area contributed by atoms with Gasteiger partial charge in [-0.2, -0.15) is 5.10 Å². The number of hydrazone groups is 1. The number of benzene rings is 1. The van der Waals surface area contributed by atoms with E-state index in [9.17, 15) is 19.2 Å². The van der Waals surface area contributed by atoms with Gasteiger partial charge in [-0.25, -0.2) is 9.69 Å². The predicted molar refractivity (Wildman–Crippen MR) is 85.4 cm³/mol. The SMILES string of the molecule is COC(=O)C1=NN[C@@H]2C(=O)N(c3cc(C(C)=O)ccc3OC)C(=O)[C@@H]12. The van der Waals surface area contributed by atoms with E-state index >= 15 is 0 Å². The van der Waals surface area contributed by atoms with Crippen LogP contribution in [0.2, 0.25) is 0 Å². The number of hydrogen-bond acceptors (Lipinski definition) is 8. The summed E-state index contributed by atoms with van der Waals surface area (Å²) in [6.45, 7) is 1.37. The number of anilines is 1. The average molecular weight is 345 g/mol. The number of fused-ring (bicyclic) bond motifs is 1. The van der Waals surface area contributed by atoms with Crippen molar-refractivity contribution in [3.63, 3.8) is 0 Å². The van der Waals surface area contributed by atoms with E-state index in [1.54, 1.807) is 0 Å². The highest BCUT2D eigenvalue weighted by Crippen LogP contribution is 2.36. The molecular formula is C16H15N3O6. The molecule has 0 spiro atoms. The van der Waals surface area contributed by atoms with Gasteiger partial charge in [0.25, 0.3) is 5.91 Å². The number of ketones is 1. The van der Waals surface area contributed by atoms with Gasteiger partial charge in [-0.15, -0.1) is 0 Å². The van der Waals surface area contributed by atoms with Crippen molar-refractivity contribution >= 4 is 35.0 Å². The molecule has 0 unspecified atom stereocenters. The summed E-state index contributed by atoms with van der Waals surface area (Å²) in [6, 6.07) is 3.46. The quantitative estimate of drug-likeness (QED) is 0.460. The Hall–Kier alpha value is -3.23. The van der Waals surface area contributed by atoms with Crippen molar-refractivity contribution in [1.29, 1.82) is 0 Å². The first kappa shape index (κ1) is 16.6. The third-order valence-electron chi connectivity index (χ3n) is 4.15. The minimum Gasteiger partial charge on any atom is -0.495 e. The van der Waals surface area contributed by atoms with Crippen LogP contribution < -0.4 is 15.1 Å². The fraction of sp³-hybridized carbons (Fsp3) is 0.312. The third kappa shape index (κ3) is 2.44. The maximum Gasteiger partial charge on any atom is 0.355 e. The Morgan fingerprint density at radius 2 is 1.92 bits per heavy atom. The summed E-state index contributed by atoms with van der Waals surface area (Å²) in [5.74, 6) is -3.06. The van der Waals surface area contributed by atoms with Crippen molar-refractivity contribution in [3.05, 3.63) is 23.8 Å². The first-order valence-electron chi connectivity index (χ1n) is 7.39. The molecule has 1 fully saturated rings. The predicted octanol–water partition coefficient (Wildman–Crippen LogP) is -0.112. The summed E-state index contributed by atoms with van der Waals surface area (Å²) in [5, 5.41) is 3.75. The Morgan fingerprint density at radius 1 is 1.20 bits per heavy atom. The molecule has 2 heterocycles. The van der Waals surface area contributed by atoms with Crippen LogP contribution in [0, 0.1) is 5.92 Å². The molecule has 2 atom stereocenters. The second-order valence-corrected chi connectivity index (χ2v) is 5.53. The third-order valence-corrected chi connectivity index (χ3v) is 4.15. The molecule has 0 saturated carbocycles. The highest BCUT2D eigenvalue weighted by Gasteiger charge is 2.56. The number of carbonyl (C=O) groups is 4. The summed E-state index contributed by atoms with van der Waals surface area (Å²) < 4.78 is 9.81.